The summed E-state index contributed by atoms with van der Waals surface area (Å²) in [5.74, 6) is -1.17. The highest BCUT2D eigenvalue weighted by atomic mass is 16.5. The Hall–Kier alpha value is -1.30. The molecular formula is C13H24N2O4. The summed E-state index contributed by atoms with van der Waals surface area (Å²) in [4.78, 5) is 22.8. The van der Waals surface area contributed by atoms with Crippen molar-refractivity contribution in [3.8, 4) is 0 Å². The maximum atomic E-state index is 11.8. The average Bonchev–Trinajstić information content (AvgIpc) is 2.23. The fourth-order valence-electron chi connectivity index (χ4n) is 2.24. The van der Waals surface area contributed by atoms with E-state index in [2.05, 4.69) is 10.6 Å². The molecule has 2 atom stereocenters. The van der Waals surface area contributed by atoms with E-state index in [1.165, 1.54) is 0 Å². The molecule has 1 saturated heterocycles. The largest absolute Gasteiger partial charge is 0.480 e. The molecule has 6 nitrogen and oxygen atoms in total. The summed E-state index contributed by atoms with van der Waals surface area (Å²) in [6.07, 6.45) is 1.47. The monoisotopic (exact) mass is 272 g/mol. The van der Waals surface area contributed by atoms with Gasteiger partial charge >= 0.3 is 12.0 Å². The van der Waals surface area contributed by atoms with E-state index >= 15 is 0 Å². The van der Waals surface area contributed by atoms with Crippen LogP contribution in [0.2, 0.25) is 0 Å². The SMILES string of the molecule is CC(C)[C@@H](NC(=O)NC1CCOC(C)(C)C1)C(=O)O. The number of carbonyl (C=O) groups excluding carboxylic acids is 1. The third-order valence-corrected chi connectivity index (χ3v) is 3.25. The fourth-order valence-corrected chi connectivity index (χ4v) is 2.24. The Morgan fingerprint density at radius 1 is 1.37 bits per heavy atom. The van der Waals surface area contributed by atoms with Crippen molar-refractivity contribution in [3.63, 3.8) is 0 Å². The third-order valence-electron chi connectivity index (χ3n) is 3.25. The first-order chi connectivity index (χ1) is 8.71. The molecule has 19 heavy (non-hydrogen) atoms. The van der Waals surface area contributed by atoms with Gasteiger partial charge in [0.1, 0.15) is 6.04 Å². The number of hydrogen-bond acceptors (Lipinski definition) is 3. The van der Waals surface area contributed by atoms with Crippen LogP contribution < -0.4 is 10.6 Å². The second kappa shape index (κ2) is 6.23. The summed E-state index contributed by atoms with van der Waals surface area (Å²) in [6.45, 7) is 8.08. The van der Waals surface area contributed by atoms with Gasteiger partial charge in [-0.2, -0.15) is 0 Å². The van der Waals surface area contributed by atoms with Crippen molar-refractivity contribution in [2.75, 3.05) is 6.61 Å². The number of urea groups is 1. The number of carboxylic acid groups (broad SMARTS) is 1. The molecule has 0 aromatic rings. The Kier molecular flexibility index (Phi) is 5.17. The highest BCUT2D eigenvalue weighted by molar-refractivity contribution is 5.82. The maximum Gasteiger partial charge on any atom is 0.326 e. The van der Waals surface area contributed by atoms with Crippen molar-refractivity contribution in [3.05, 3.63) is 0 Å². The number of amides is 2. The first-order valence-corrected chi connectivity index (χ1v) is 6.65. The number of nitrogens with one attached hydrogen (secondary N) is 2. The summed E-state index contributed by atoms with van der Waals surface area (Å²) in [5, 5.41) is 14.3. The molecule has 0 bridgehead atoms. The second-order valence-electron chi connectivity index (χ2n) is 5.98. The molecule has 110 valence electrons. The third kappa shape index (κ3) is 5.06. The zero-order chi connectivity index (χ0) is 14.6. The molecule has 1 rings (SSSR count). The fraction of sp³-hybridized carbons (Fsp3) is 0.846. The van der Waals surface area contributed by atoms with Crippen molar-refractivity contribution in [1.29, 1.82) is 0 Å². The molecule has 0 saturated carbocycles. The summed E-state index contributed by atoms with van der Waals surface area (Å²) in [7, 11) is 0. The molecule has 1 aliphatic heterocycles. The van der Waals surface area contributed by atoms with E-state index < -0.39 is 18.0 Å². The minimum atomic E-state index is -1.02. The molecule has 0 aliphatic carbocycles. The Morgan fingerprint density at radius 3 is 2.47 bits per heavy atom. The number of carboxylic acids is 1. The molecule has 1 unspecified atom stereocenters. The Morgan fingerprint density at radius 2 is 2.00 bits per heavy atom. The van der Waals surface area contributed by atoms with Gasteiger partial charge in [0.25, 0.3) is 0 Å². The molecular weight excluding hydrogens is 248 g/mol. The molecule has 1 fully saturated rings. The van der Waals surface area contributed by atoms with Crippen LogP contribution in [0.15, 0.2) is 0 Å². The summed E-state index contributed by atoms with van der Waals surface area (Å²) in [6, 6.07) is -1.28. The molecule has 0 aromatic carbocycles. The first kappa shape index (κ1) is 15.8. The molecule has 1 aliphatic rings. The molecule has 0 aromatic heterocycles. The van der Waals surface area contributed by atoms with Crippen molar-refractivity contribution in [2.45, 2.75) is 58.2 Å². The Balaban J connectivity index is 2.48. The van der Waals surface area contributed by atoms with Crippen LogP contribution in [0.4, 0.5) is 4.79 Å². The van der Waals surface area contributed by atoms with Gasteiger partial charge in [0.2, 0.25) is 0 Å². The lowest BCUT2D eigenvalue weighted by Gasteiger charge is -2.36. The Labute approximate surface area is 113 Å². The molecule has 0 radical (unpaired) electrons. The molecule has 3 N–H and O–H groups in total. The van der Waals surface area contributed by atoms with Gasteiger partial charge in [0.15, 0.2) is 0 Å². The Bertz CT molecular complexity index is 342. The van der Waals surface area contributed by atoms with E-state index in [0.29, 0.717) is 6.61 Å². The predicted octanol–water partition coefficient (Wildman–Crippen LogP) is 1.35. The normalized spacial score (nSPS) is 23.7. The van der Waals surface area contributed by atoms with Gasteiger partial charge in [0.05, 0.1) is 5.60 Å². The van der Waals surface area contributed by atoms with Gasteiger partial charge in [-0.15, -0.1) is 0 Å². The van der Waals surface area contributed by atoms with Crippen LogP contribution >= 0.6 is 0 Å². The van der Waals surface area contributed by atoms with Crippen LogP contribution in [0, 0.1) is 5.92 Å². The van der Waals surface area contributed by atoms with E-state index in [1.54, 1.807) is 13.8 Å². The van der Waals surface area contributed by atoms with Crippen molar-refractivity contribution in [2.24, 2.45) is 5.92 Å². The molecule has 1 heterocycles. The summed E-state index contributed by atoms with van der Waals surface area (Å²) < 4.78 is 5.57. The van der Waals surface area contributed by atoms with Crippen molar-refractivity contribution in [1.82, 2.24) is 10.6 Å². The van der Waals surface area contributed by atoms with Crippen LogP contribution in [0.5, 0.6) is 0 Å². The lowest BCUT2D eigenvalue weighted by molar-refractivity contribution is -0.140. The smallest absolute Gasteiger partial charge is 0.326 e. The van der Waals surface area contributed by atoms with E-state index in [9.17, 15) is 9.59 Å². The first-order valence-electron chi connectivity index (χ1n) is 6.65. The number of hydrogen-bond donors (Lipinski definition) is 3. The summed E-state index contributed by atoms with van der Waals surface area (Å²) >= 11 is 0. The van der Waals surface area contributed by atoms with Gasteiger partial charge in [-0.3, -0.25) is 0 Å². The quantitative estimate of drug-likeness (QED) is 0.721. The van der Waals surface area contributed by atoms with Gasteiger partial charge in [-0.1, -0.05) is 13.8 Å². The molecule has 6 heteroatoms. The van der Waals surface area contributed by atoms with E-state index in [1.807, 2.05) is 13.8 Å². The van der Waals surface area contributed by atoms with Gasteiger partial charge < -0.3 is 20.5 Å². The number of carbonyl (C=O) groups is 2. The lowest BCUT2D eigenvalue weighted by atomic mass is 9.94. The van der Waals surface area contributed by atoms with E-state index in [-0.39, 0.29) is 17.6 Å². The highest BCUT2D eigenvalue weighted by Gasteiger charge is 2.30. The van der Waals surface area contributed by atoms with E-state index in [0.717, 1.165) is 12.8 Å². The molecule has 0 spiro atoms. The minimum Gasteiger partial charge on any atom is -0.480 e. The zero-order valence-electron chi connectivity index (χ0n) is 12.0. The number of ether oxygens (including phenoxy) is 1. The van der Waals surface area contributed by atoms with Crippen LogP contribution in [-0.4, -0.2) is 41.4 Å². The highest BCUT2D eigenvalue weighted by Crippen LogP contribution is 2.23. The van der Waals surface area contributed by atoms with Crippen LogP contribution in [0.3, 0.4) is 0 Å². The van der Waals surface area contributed by atoms with Crippen molar-refractivity contribution < 1.29 is 19.4 Å². The minimum absolute atomic E-state index is 0.0188. The zero-order valence-corrected chi connectivity index (χ0v) is 12.0. The van der Waals surface area contributed by atoms with Crippen LogP contribution in [-0.2, 0) is 9.53 Å². The maximum absolute atomic E-state index is 11.8. The predicted molar refractivity (Wildman–Crippen MR) is 71.0 cm³/mol. The van der Waals surface area contributed by atoms with Crippen LogP contribution in [0.1, 0.15) is 40.5 Å². The number of rotatable bonds is 4. The number of aliphatic carboxylic acids is 1. The topological polar surface area (TPSA) is 87.7 Å². The van der Waals surface area contributed by atoms with E-state index in [4.69, 9.17) is 9.84 Å². The molecule has 2 amide bonds. The average molecular weight is 272 g/mol. The lowest BCUT2D eigenvalue weighted by Crippen LogP contribution is -2.53. The van der Waals surface area contributed by atoms with Crippen molar-refractivity contribution >= 4 is 12.0 Å². The van der Waals surface area contributed by atoms with Gasteiger partial charge in [0, 0.05) is 12.6 Å². The van der Waals surface area contributed by atoms with Gasteiger partial charge in [-0.05, 0) is 32.6 Å². The summed E-state index contributed by atoms with van der Waals surface area (Å²) in [5.41, 5.74) is -0.250. The second-order valence-corrected chi connectivity index (χ2v) is 5.98. The van der Waals surface area contributed by atoms with Gasteiger partial charge in [-0.25, -0.2) is 9.59 Å². The standard InChI is InChI=1S/C13H24N2O4/c1-8(2)10(11(16)17)15-12(18)14-9-5-6-19-13(3,4)7-9/h8-10H,5-7H2,1-4H3,(H,16,17)(H2,14,15,18)/t9?,10-/m1/s1. The van der Waals surface area contributed by atoms with Crippen LogP contribution in [0.25, 0.3) is 0 Å².